The number of fused-ring (bicyclic) bond motifs is 1. The third kappa shape index (κ3) is 3.08. The lowest BCUT2D eigenvalue weighted by Gasteiger charge is -2.10. The van der Waals surface area contributed by atoms with E-state index >= 15 is 0 Å². The first kappa shape index (κ1) is 15.3. The third-order valence-corrected chi connectivity index (χ3v) is 4.05. The Morgan fingerprint density at radius 2 is 2.08 bits per heavy atom. The van der Waals surface area contributed by atoms with Crippen molar-refractivity contribution in [3.05, 3.63) is 59.7 Å². The number of hydrogen-bond acceptors (Lipinski definition) is 6. The highest BCUT2D eigenvalue weighted by Gasteiger charge is 2.20. The molecule has 0 spiro atoms. The fourth-order valence-corrected chi connectivity index (χ4v) is 2.70. The summed E-state index contributed by atoms with van der Waals surface area (Å²) in [5.41, 5.74) is 2.45. The molecule has 1 N–H and O–H groups in total. The van der Waals surface area contributed by atoms with Crippen LogP contribution in [0.15, 0.2) is 47.2 Å². The predicted molar refractivity (Wildman–Crippen MR) is 89.1 cm³/mol. The van der Waals surface area contributed by atoms with Crippen LogP contribution in [0.3, 0.4) is 0 Å². The molecule has 7 heteroatoms. The van der Waals surface area contributed by atoms with E-state index in [1.54, 1.807) is 37.5 Å². The van der Waals surface area contributed by atoms with Crippen LogP contribution in [0.1, 0.15) is 34.8 Å². The summed E-state index contributed by atoms with van der Waals surface area (Å²) in [6.07, 6.45) is 4.15. The van der Waals surface area contributed by atoms with E-state index in [9.17, 15) is 4.79 Å². The quantitative estimate of drug-likeness (QED) is 0.787. The molecule has 0 saturated carbocycles. The molecule has 2 aromatic heterocycles. The van der Waals surface area contributed by atoms with Gasteiger partial charge in [-0.15, -0.1) is 0 Å². The van der Waals surface area contributed by atoms with Crippen molar-refractivity contribution < 1.29 is 14.1 Å². The van der Waals surface area contributed by atoms with Crippen molar-refractivity contribution in [1.29, 1.82) is 0 Å². The molecule has 0 radical (unpaired) electrons. The number of rotatable bonds is 4. The minimum absolute atomic E-state index is 0.189. The molecule has 0 fully saturated rings. The molecule has 0 saturated heterocycles. The Morgan fingerprint density at radius 3 is 2.92 bits per heavy atom. The molecule has 25 heavy (non-hydrogen) atoms. The first-order chi connectivity index (χ1) is 12.2. The number of amides is 1. The first-order valence-corrected chi connectivity index (χ1v) is 8.01. The molecule has 0 bridgehead atoms. The third-order valence-electron chi connectivity index (χ3n) is 4.05. The molecular formula is C18H16N4O3. The van der Waals surface area contributed by atoms with Crippen molar-refractivity contribution in [3.63, 3.8) is 0 Å². The van der Waals surface area contributed by atoms with Gasteiger partial charge in [-0.2, -0.15) is 4.98 Å². The van der Waals surface area contributed by atoms with Crippen LogP contribution in [0.2, 0.25) is 0 Å². The number of hydrogen-bond donors (Lipinski definition) is 1. The Labute approximate surface area is 144 Å². The van der Waals surface area contributed by atoms with Gasteiger partial charge < -0.3 is 14.6 Å². The fourth-order valence-electron chi connectivity index (χ4n) is 2.70. The normalized spacial score (nSPS) is 13.8. The zero-order valence-electron chi connectivity index (χ0n) is 13.6. The van der Waals surface area contributed by atoms with E-state index in [4.69, 9.17) is 9.26 Å². The van der Waals surface area contributed by atoms with Crippen LogP contribution in [0.4, 0.5) is 0 Å². The Balaban J connectivity index is 1.47. The van der Waals surface area contributed by atoms with Gasteiger partial charge in [0.25, 0.3) is 5.91 Å². The zero-order valence-corrected chi connectivity index (χ0v) is 13.6. The summed E-state index contributed by atoms with van der Waals surface area (Å²) < 4.78 is 10.7. The Bertz CT molecular complexity index is 908. The van der Waals surface area contributed by atoms with Gasteiger partial charge in [0.2, 0.25) is 11.7 Å². The second kappa shape index (κ2) is 6.35. The van der Waals surface area contributed by atoms with Crippen molar-refractivity contribution in [2.75, 3.05) is 6.61 Å². The van der Waals surface area contributed by atoms with E-state index in [-0.39, 0.29) is 5.91 Å². The summed E-state index contributed by atoms with van der Waals surface area (Å²) in [7, 11) is 0. The number of nitrogens with one attached hydrogen (secondary N) is 1. The number of benzene rings is 1. The monoisotopic (exact) mass is 336 g/mol. The Kier molecular flexibility index (Phi) is 3.89. The van der Waals surface area contributed by atoms with Crippen molar-refractivity contribution in [3.8, 4) is 17.1 Å². The Hall–Kier alpha value is -3.22. The molecule has 0 aliphatic carbocycles. The van der Waals surface area contributed by atoms with E-state index in [0.29, 0.717) is 23.9 Å². The molecule has 126 valence electrons. The second-order valence-electron chi connectivity index (χ2n) is 5.81. The number of pyridine rings is 1. The van der Waals surface area contributed by atoms with Crippen molar-refractivity contribution in [2.24, 2.45) is 0 Å². The average Bonchev–Trinajstić information content (AvgIpc) is 3.31. The van der Waals surface area contributed by atoms with E-state index in [1.165, 1.54) is 0 Å². The molecular weight excluding hydrogens is 320 g/mol. The molecule has 1 amide bonds. The molecule has 4 rings (SSSR count). The minimum atomic E-state index is -0.403. The van der Waals surface area contributed by atoms with Gasteiger partial charge in [-0.1, -0.05) is 5.16 Å². The van der Waals surface area contributed by atoms with Gasteiger partial charge in [-0.25, -0.2) is 0 Å². The van der Waals surface area contributed by atoms with Gasteiger partial charge in [0.1, 0.15) is 11.8 Å². The first-order valence-electron chi connectivity index (χ1n) is 8.01. The molecule has 1 aliphatic heterocycles. The highest BCUT2D eigenvalue weighted by molar-refractivity contribution is 5.94. The number of carbonyl (C=O) groups excluding carboxylic acids is 1. The lowest BCUT2D eigenvalue weighted by molar-refractivity contribution is 0.0932. The SMILES string of the molecule is C[C@@H](NC(=O)c1ccc2c(c1)CCO2)c1nc(-c2ccncc2)no1. The fraction of sp³-hybridized carbons (Fsp3) is 0.222. The summed E-state index contributed by atoms with van der Waals surface area (Å²) in [4.78, 5) is 20.8. The highest BCUT2D eigenvalue weighted by Crippen LogP contribution is 2.26. The number of ether oxygens (including phenoxy) is 1. The molecule has 1 aliphatic rings. The maximum atomic E-state index is 12.5. The summed E-state index contributed by atoms with van der Waals surface area (Å²) >= 11 is 0. The van der Waals surface area contributed by atoms with Crippen LogP contribution in [-0.2, 0) is 6.42 Å². The number of carbonyl (C=O) groups is 1. The lowest BCUT2D eigenvalue weighted by atomic mass is 10.1. The summed E-state index contributed by atoms with van der Waals surface area (Å²) in [6.45, 7) is 2.47. The van der Waals surface area contributed by atoms with Gasteiger partial charge in [-0.3, -0.25) is 9.78 Å². The number of aromatic nitrogens is 3. The number of nitrogens with zero attached hydrogens (tertiary/aromatic N) is 3. The van der Waals surface area contributed by atoms with E-state index in [0.717, 1.165) is 23.3 Å². The van der Waals surface area contributed by atoms with Crippen molar-refractivity contribution >= 4 is 5.91 Å². The smallest absolute Gasteiger partial charge is 0.251 e. The van der Waals surface area contributed by atoms with Gasteiger partial charge in [0, 0.05) is 29.9 Å². The lowest BCUT2D eigenvalue weighted by Crippen LogP contribution is -2.26. The van der Waals surface area contributed by atoms with Crippen LogP contribution >= 0.6 is 0 Å². The summed E-state index contributed by atoms with van der Waals surface area (Å²) in [5, 5.41) is 6.83. The standard InChI is InChI=1S/C18H16N4O3/c1-11(18-21-16(22-25-18)12-4-7-19-8-5-12)20-17(23)14-2-3-15-13(10-14)6-9-24-15/h2-5,7-8,10-11H,6,9H2,1H3,(H,20,23)/t11-/m1/s1. The molecule has 1 aromatic carbocycles. The largest absolute Gasteiger partial charge is 0.493 e. The summed E-state index contributed by atoms with van der Waals surface area (Å²) in [6, 6.07) is 8.63. The zero-order chi connectivity index (χ0) is 17.2. The van der Waals surface area contributed by atoms with E-state index < -0.39 is 6.04 Å². The van der Waals surface area contributed by atoms with E-state index in [2.05, 4.69) is 20.4 Å². The van der Waals surface area contributed by atoms with Gasteiger partial charge in [0.15, 0.2) is 0 Å². The molecule has 3 aromatic rings. The van der Waals surface area contributed by atoms with Crippen LogP contribution in [0, 0.1) is 0 Å². The van der Waals surface area contributed by atoms with Crippen LogP contribution in [0.5, 0.6) is 5.75 Å². The highest BCUT2D eigenvalue weighted by atomic mass is 16.5. The van der Waals surface area contributed by atoms with Gasteiger partial charge >= 0.3 is 0 Å². The maximum Gasteiger partial charge on any atom is 0.251 e. The average molecular weight is 336 g/mol. The van der Waals surface area contributed by atoms with Gasteiger partial charge in [0.05, 0.1) is 6.61 Å². The van der Waals surface area contributed by atoms with E-state index in [1.807, 2.05) is 12.1 Å². The van der Waals surface area contributed by atoms with Crippen LogP contribution < -0.4 is 10.1 Å². The Morgan fingerprint density at radius 1 is 1.24 bits per heavy atom. The summed E-state index contributed by atoms with van der Waals surface area (Å²) in [5.74, 6) is 1.48. The topological polar surface area (TPSA) is 90.1 Å². The predicted octanol–water partition coefficient (Wildman–Crippen LogP) is 2.56. The van der Waals surface area contributed by atoms with Crippen LogP contribution in [-0.4, -0.2) is 27.6 Å². The molecule has 0 unspecified atom stereocenters. The maximum absolute atomic E-state index is 12.5. The van der Waals surface area contributed by atoms with Crippen molar-refractivity contribution in [2.45, 2.75) is 19.4 Å². The second-order valence-corrected chi connectivity index (χ2v) is 5.81. The molecule has 1 atom stereocenters. The molecule has 7 nitrogen and oxygen atoms in total. The van der Waals surface area contributed by atoms with Gasteiger partial charge in [-0.05, 0) is 42.8 Å². The minimum Gasteiger partial charge on any atom is -0.493 e. The van der Waals surface area contributed by atoms with Crippen molar-refractivity contribution in [1.82, 2.24) is 20.4 Å². The molecule has 3 heterocycles. The van der Waals surface area contributed by atoms with Crippen LogP contribution in [0.25, 0.3) is 11.4 Å².